The molecule has 0 radical (unpaired) electrons. The third-order valence-electron chi connectivity index (χ3n) is 2.18. The van der Waals surface area contributed by atoms with Crippen LogP contribution in [-0.2, 0) is 4.74 Å². The maximum atomic E-state index is 11.2. The second kappa shape index (κ2) is 13.2. The number of urea groups is 1. The number of methoxy groups -OCH3 is 1. The molecule has 17 heavy (non-hydrogen) atoms. The van der Waals surface area contributed by atoms with E-state index in [9.17, 15) is 4.79 Å². The minimum absolute atomic E-state index is 0.124. The Balaban J connectivity index is 3.12. The van der Waals surface area contributed by atoms with Crippen molar-refractivity contribution < 1.29 is 14.6 Å². The van der Waals surface area contributed by atoms with Crippen molar-refractivity contribution in [1.82, 2.24) is 16.0 Å². The number of ether oxygens (including phenoxy) is 1. The van der Waals surface area contributed by atoms with Crippen molar-refractivity contribution in [2.45, 2.75) is 25.7 Å². The molecule has 0 aromatic rings. The topological polar surface area (TPSA) is 82.6 Å². The Morgan fingerprint density at radius 2 is 1.76 bits per heavy atom. The number of unbranched alkanes of at least 4 members (excludes halogenated alkanes) is 2. The third-order valence-corrected chi connectivity index (χ3v) is 2.18. The van der Waals surface area contributed by atoms with Crippen LogP contribution in [0.5, 0.6) is 0 Å². The molecule has 2 amide bonds. The molecule has 102 valence electrons. The lowest BCUT2D eigenvalue weighted by molar-refractivity contribution is 0.175. The summed E-state index contributed by atoms with van der Waals surface area (Å²) < 4.78 is 4.83. The zero-order chi connectivity index (χ0) is 12.8. The highest BCUT2D eigenvalue weighted by Crippen LogP contribution is 1.91. The van der Waals surface area contributed by atoms with E-state index >= 15 is 0 Å². The second-order valence-electron chi connectivity index (χ2n) is 3.75. The molecule has 0 bridgehead atoms. The highest BCUT2D eigenvalue weighted by Gasteiger charge is 1.97. The average Bonchev–Trinajstić information content (AvgIpc) is 2.33. The van der Waals surface area contributed by atoms with Crippen LogP contribution < -0.4 is 16.0 Å². The normalized spacial score (nSPS) is 10.2. The first-order valence-electron chi connectivity index (χ1n) is 6.13. The van der Waals surface area contributed by atoms with Crippen LogP contribution >= 0.6 is 0 Å². The van der Waals surface area contributed by atoms with E-state index in [0.717, 1.165) is 32.2 Å². The largest absolute Gasteiger partial charge is 0.396 e. The molecule has 0 unspecified atom stereocenters. The Labute approximate surface area is 103 Å². The van der Waals surface area contributed by atoms with Crippen LogP contribution in [0, 0.1) is 0 Å². The Bertz CT molecular complexity index is 179. The first-order valence-corrected chi connectivity index (χ1v) is 6.13. The lowest BCUT2D eigenvalue weighted by Gasteiger charge is -2.07. The molecule has 0 saturated heterocycles. The first-order chi connectivity index (χ1) is 8.31. The molecular weight excluding hydrogens is 222 g/mol. The van der Waals surface area contributed by atoms with Crippen LogP contribution in [0.15, 0.2) is 0 Å². The fourth-order valence-electron chi connectivity index (χ4n) is 1.27. The standard InChI is InChI=1S/C11H25N3O3/c1-17-10-12-6-5-8-14-11(16)13-7-3-2-4-9-15/h12,15H,2-10H2,1H3,(H2,13,14,16). The molecule has 6 heteroatoms. The summed E-state index contributed by atoms with van der Waals surface area (Å²) in [7, 11) is 1.63. The van der Waals surface area contributed by atoms with Crippen molar-refractivity contribution in [3.8, 4) is 0 Å². The molecule has 0 heterocycles. The first kappa shape index (κ1) is 16.1. The van der Waals surface area contributed by atoms with E-state index in [0.29, 0.717) is 19.8 Å². The number of rotatable bonds is 11. The number of amides is 2. The Morgan fingerprint density at radius 1 is 1.06 bits per heavy atom. The third kappa shape index (κ3) is 13.1. The van der Waals surface area contributed by atoms with E-state index in [1.807, 2.05) is 0 Å². The zero-order valence-corrected chi connectivity index (χ0v) is 10.6. The summed E-state index contributed by atoms with van der Waals surface area (Å²) in [6.07, 6.45) is 3.52. The molecule has 0 spiro atoms. The van der Waals surface area contributed by atoms with Crippen LogP contribution in [0.25, 0.3) is 0 Å². The molecule has 4 N–H and O–H groups in total. The summed E-state index contributed by atoms with van der Waals surface area (Å²) >= 11 is 0. The van der Waals surface area contributed by atoms with Crippen molar-refractivity contribution in [1.29, 1.82) is 0 Å². The highest BCUT2D eigenvalue weighted by atomic mass is 16.5. The van der Waals surface area contributed by atoms with Crippen LogP contribution in [-0.4, -0.2) is 51.2 Å². The van der Waals surface area contributed by atoms with E-state index in [1.54, 1.807) is 7.11 Å². The molecule has 6 nitrogen and oxygen atoms in total. The van der Waals surface area contributed by atoms with Gasteiger partial charge in [-0.05, 0) is 32.2 Å². The van der Waals surface area contributed by atoms with E-state index in [1.165, 1.54) is 0 Å². The number of hydrogen-bond acceptors (Lipinski definition) is 4. The molecule has 0 aliphatic carbocycles. The molecule has 0 atom stereocenters. The van der Waals surface area contributed by atoms with Crippen molar-refractivity contribution in [2.24, 2.45) is 0 Å². The SMILES string of the molecule is COCNCCCNC(=O)NCCCCCO. The number of aliphatic hydroxyl groups is 1. The molecule has 0 fully saturated rings. The summed E-state index contributed by atoms with van der Waals surface area (Å²) in [6, 6.07) is -0.124. The van der Waals surface area contributed by atoms with E-state index in [-0.39, 0.29) is 12.6 Å². The zero-order valence-electron chi connectivity index (χ0n) is 10.6. The predicted octanol–water partition coefficient (Wildman–Crippen LogP) is 0.0318. The fraction of sp³-hybridized carbons (Fsp3) is 0.909. The van der Waals surface area contributed by atoms with Crippen LogP contribution in [0.3, 0.4) is 0 Å². The molecule has 0 aliphatic rings. The molecular formula is C11H25N3O3. The summed E-state index contributed by atoms with van der Waals surface area (Å²) in [4.78, 5) is 11.2. The van der Waals surface area contributed by atoms with Gasteiger partial charge in [0.15, 0.2) is 0 Å². The molecule has 0 aliphatic heterocycles. The van der Waals surface area contributed by atoms with Gasteiger partial charge in [0, 0.05) is 26.8 Å². The van der Waals surface area contributed by atoms with Crippen molar-refractivity contribution in [3.63, 3.8) is 0 Å². The highest BCUT2D eigenvalue weighted by molar-refractivity contribution is 5.73. The number of hydrogen-bond donors (Lipinski definition) is 4. The minimum atomic E-state index is -0.124. The van der Waals surface area contributed by atoms with E-state index in [4.69, 9.17) is 9.84 Å². The van der Waals surface area contributed by atoms with Gasteiger partial charge < -0.3 is 20.5 Å². The Morgan fingerprint density at radius 3 is 2.41 bits per heavy atom. The predicted molar refractivity (Wildman–Crippen MR) is 66.8 cm³/mol. The lowest BCUT2D eigenvalue weighted by Crippen LogP contribution is -2.37. The minimum Gasteiger partial charge on any atom is -0.396 e. The average molecular weight is 247 g/mol. The monoisotopic (exact) mass is 247 g/mol. The molecule has 0 aromatic heterocycles. The smallest absolute Gasteiger partial charge is 0.314 e. The summed E-state index contributed by atoms with van der Waals surface area (Å²) in [5, 5.41) is 17.2. The van der Waals surface area contributed by atoms with Gasteiger partial charge in [0.05, 0.1) is 6.73 Å². The Hall–Kier alpha value is -0.850. The molecule has 0 aromatic carbocycles. The van der Waals surface area contributed by atoms with Crippen molar-refractivity contribution in [2.75, 3.05) is 40.1 Å². The van der Waals surface area contributed by atoms with Crippen LogP contribution in [0.1, 0.15) is 25.7 Å². The summed E-state index contributed by atoms with van der Waals surface area (Å²) in [6.45, 7) is 2.90. The van der Waals surface area contributed by atoms with Gasteiger partial charge in [-0.25, -0.2) is 4.79 Å². The van der Waals surface area contributed by atoms with Crippen molar-refractivity contribution in [3.05, 3.63) is 0 Å². The lowest BCUT2D eigenvalue weighted by atomic mass is 10.2. The van der Waals surface area contributed by atoms with Gasteiger partial charge in [0.25, 0.3) is 0 Å². The van der Waals surface area contributed by atoms with Gasteiger partial charge in [-0.3, -0.25) is 5.32 Å². The number of carbonyl (C=O) groups excluding carboxylic acids is 1. The van der Waals surface area contributed by atoms with Crippen LogP contribution in [0.2, 0.25) is 0 Å². The summed E-state index contributed by atoms with van der Waals surface area (Å²) in [5.74, 6) is 0. The number of nitrogens with one attached hydrogen (secondary N) is 3. The van der Waals surface area contributed by atoms with Gasteiger partial charge in [0.2, 0.25) is 0 Å². The van der Waals surface area contributed by atoms with Gasteiger partial charge in [-0.15, -0.1) is 0 Å². The summed E-state index contributed by atoms with van der Waals surface area (Å²) in [5.41, 5.74) is 0. The number of carbonyl (C=O) groups is 1. The van der Waals surface area contributed by atoms with Gasteiger partial charge >= 0.3 is 6.03 Å². The quantitative estimate of drug-likeness (QED) is 0.307. The second-order valence-corrected chi connectivity index (χ2v) is 3.75. The van der Waals surface area contributed by atoms with Crippen molar-refractivity contribution >= 4 is 6.03 Å². The molecule has 0 saturated carbocycles. The van der Waals surface area contributed by atoms with Gasteiger partial charge in [-0.2, -0.15) is 0 Å². The fourth-order valence-corrected chi connectivity index (χ4v) is 1.27. The van der Waals surface area contributed by atoms with E-state index < -0.39 is 0 Å². The van der Waals surface area contributed by atoms with Gasteiger partial charge in [-0.1, -0.05) is 0 Å². The van der Waals surface area contributed by atoms with Crippen LogP contribution in [0.4, 0.5) is 4.79 Å². The maximum absolute atomic E-state index is 11.2. The maximum Gasteiger partial charge on any atom is 0.314 e. The number of aliphatic hydroxyl groups excluding tert-OH is 1. The van der Waals surface area contributed by atoms with E-state index in [2.05, 4.69) is 16.0 Å². The van der Waals surface area contributed by atoms with Gasteiger partial charge in [0.1, 0.15) is 0 Å². The Kier molecular flexibility index (Phi) is 12.6. The molecule has 0 rings (SSSR count).